The predicted octanol–water partition coefficient (Wildman–Crippen LogP) is 6.20. The van der Waals surface area contributed by atoms with Gasteiger partial charge in [-0.3, -0.25) is 0 Å². The summed E-state index contributed by atoms with van der Waals surface area (Å²) in [7, 11) is -2.38. The first-order valence-corrected chi connectivity index (χ1v) is 11.8. The monoisotopic (exact) mass is 494 g/mol. The summed E-state index contributed by atoms with van der Waals surface area (Å²) < 4.78 is 33.3. The summed E-state index contributed by atoms with van der Waals surface area (Å²) in [5.41, 5.74) is 2.04. The quantitative estimate of drug-likeness (QED) is 0.424. The topological polar surface area (TPSA) is 59.0 Å². The zero-order valence-corrected chi connectivity index (χ0v) is 19.4. The molecule has 1 atom stereocenters. The zero-order chi connectivity index (χ0) is 22.2. The predicted molar refractivity (Wildman–Crippen MR) is 124 cm³/mol. The summed E-state index contributed by atoms with van der Waals surface area (Å²) in [6.45, 7) is 0. The third-order valence-corrected chi connectivity index (χ3v) is 7.49. The molecule has 1 aliphatic rings. The number of hydrogen-bond acceptors (Lipinski definition) is 4. The van der Waals surface area contributed by atoms with Gasteiger partial charge in [0.25, 0.3) is 10.0 Å². The molecule has 1 unspecified atom stereocenters. The van der Waals surface area contributed by atoms with Crippen LogP contribution in [0.15, 0.2) is 76.7 Å². The average molecular weight is 496 g/mol. The molecule has 0 spiro atoms. The second-order valence-electron chi connectivity index (χ2n) is 6.89. The molecule has 1 aliphatic heterocycles. The number of hydrazone groups is 1. The third-order valence-electron chi connectivity index (χ3n) is 4.98. The van der Waals surface area contributed by atoms with Gasteiger partial charge < -0.3 is 4.74 Å². The average Bonchev–Trinajstić information content (AvgIpc) is 3.20. The van der Waals surface area contributed by atoms with Gasteiger partial charge in [0, 0.05) is 21.5 Å². The normalized spacial score (nSPS) is 16.3. The van der Waals surface area contributed by atoms with Gasteiger partial charge in [0.2, 0.25) is 0 Å². The molecule has 0 aliphatic carbocycles. The van der Waals surface area contributed by atoms with E-state index in [-0.39, 0.29) is 4.90 Å². The fraction of sp³-hybridized carbons (Fsp3) is 0.136. The van der Waals surface area contributed by atoms with Crippen LogP contribution in [0.3, 0.4) is 0 Å². The van der Waals surface area contributed by atoms with E-state index >= 15 is 0 Å². The van der Waals surface area contributed by atoms with Crippen LogP contribution in [0.1, 0.15) is 23.6 Å². The molecular formula is C22H17Cl3N2O3S. The number of benzene rings is 3. The molecule has 9 heteroatoms. The Morgan fingerprint density at radius 1 is 0.935 bits per heavy atom. The maximum Gasteiger partial charge on any atom is 0.279 e. The van der Waals surface area contributed by atoms with Crippen molar-refractivity contribution in [2.75, 3.05) is 7.11 Å². The van der Waals surface area contributed by atoms with Gasteiger partial charge in [-0.25, -0.2) is 0 Å². The molecule has 4 rings (SSSR count). The summed E-state index contributed by atoms with van der Waals surface area (Å²) in [6.07, 6.45) is 0.348. The number of rotatable bonds is 5. The van der Waals surface area contributed by atoms with Gasteiger partial charge in [-0.2, -0.15) is 17.9 Å². The number of sulfonamides is 1. The number of nitrogens with zero attached hydrogens (tertiary/aromatic N) is 2. The van der Waals surface area contributed by atoms with Crippen LogP contribution in [0.25, 0.3) is 0 Å². The molecule has 160 valence electrons. The third kappa shape index (κ3) is 4.39. The summed E-state index contributed by atoms with van der Waals surface area (Å²) in [4.78, 5) is 0.0896. The zero-order valence-electron chi connectivity index (χ0n) is 16.3. The Balaban J connectivity index is 1.80. The van der Waals surface area contributed by atoms with Crippen LogP contribution in [0.4, 0.5) is 0 Å². The lowest BCUT2D eigenvalue weighted by molar-refractivity contribution is 0.371. The van der Waals surface area contributed by atoms with E-state index in [1.807, 2.05) is 12.1 Å². The SMILES string of the molecule is COc1ccc(C2=NN(S(=O)(=O)c3ccc(Cl)cc3)C(c3ccc(Cl)cc3Cl)C2)cc1. The number of methoxy groups -OCH3 is 1. The van der Waals surface area contributed by atoms with Crippen molar-refractivity contribution >= 4 is 50.5 Å². The van der Waals surface area contributed by atoms with Crippen LogP contribution < -0.4 is 4.74 Å². The van der Waals surface area contributed by atoms with Gasteiger partial charge in [-0.15, -0.1) is 0 Å². The molecule has 0 N–H and O–H groups in total. The van der Waals surface area contributed by atoms with Gasteiger partial charge in [0.15, 0.2) is 0 Å². The van der Waals surface area contributed by atoms with E-state index in [2.05, 4.69) is 5.10 Å². The first-order valence-electron chi connectivity index (χ1n) is 9.26. The van der Waals surface area contributed by atoms with Crippen molar-refractivity contribution in [2.45, 2.75) is 17.4 Å². The van der Waals surface area contributed by atoms with E-state index in [9.17, 15) is 8.42 Å². The van der Waals surface area contributed by atoms with Crippen LogP contribution in [-0.2, 0) is 10.0 Å². The summed E-state index contributed by atoms with van der Waals surface area (Å²) in [5, 5.41) is 5.79. The van der Waals surface area contributed by atoms with Crippen molar-refractivity contribution in [2.24, 2.45) is 5.10 Å². The van der Waals surface area contributed by atoms with Gasteiger partial charge in [-0.1, -0.05) is 40.9 Å². The molecule has 31 heavy (non-hydrogen) atoms. The molecule has 0 aromatic heterocycles. The van der Waals surface area contributed by atoms with Crippen LogP contribution >= 0.6 is 34.8 Å². The highest BCUT2D eigenvalue weighted by atomic mass is 35.5. The van der Waals surface area contributed by atoms with Crippen molar-refractivity contribution in [3.63, 3.8) is 0 Å². The van der Waals surface area contributed by atoms with E-state index in [1.165, 1.54) is 24.3 Å². The van der Waals surface area contributed by atoms with Crippen molar-refractivity contribution in [3.05, 3.63) is 92.9 Å². The fourth-order valence-electron chi connectivity index (χ4n) is 3.39. The fourth-order valence-corrected chi connectivity index (χ4v) is 5.47. The molecule has 3 aromatic rings. The number of hydrogen-bond donors (Lipinski definition) is 0. The second kappa shape index (κ2) is 8.71. The lowest BCUT2D eigenvalue weighted by Crippen LogP contribution is -2.27. The van der Waals surface area contributed by atoms with Gasteiger partial charge in [0.1, 0.15) is 5.75 Å². The summed E-state index contributed by atoms with van der Waals surface area (Å²) >= 11 is 18.4. The highest BCUT2D eigenvalue weighted by molar-refractivity contribution is 7.89. The number of ether oxygens (including phenoxy) is 1. The molecule has 1 heterocycles. The van der Waals surface area contributed by atoms with E-state index in [0.717, 1.165) is 9.98 Å². The second-order valence-corrected chi connectivity index (χ2v) is 9.97. The van der Waals surface area contributed by atoms with Gasteiger partial charge >= 0.3 is 0 Å². The Kier molecular flexibility index (Phi) is 6.17. The first kappa shape index (κ1) is 22.0. The molecule has 5 nitrogen and oxygen atoms in total. The Bertz CT molecular complexity index is 1240. The smallest absolute Gasteiger partial charge is 0.279 e. The molecule has 0 amide bonds. The molecule has 0 bridgehead atoms. The van der Waals surface area contributed by atoms with E-state index in [4.69, 9.17) is 39.5 Å². The van der Waals surface area contributed by atoms with Crippen LogP contribution in [-0.4, -0.2) is 25.7 Å². The minimum Gasteiger partial charge on any atom is -0.497 e. The van der Waals surface area contributed by atoms with Crippen molar-refractivity contribution in [3.8, 4) is 5.75 Å². The Hall–Kier alpha value is -2.25. The van der Waals surface area contributed by atoms with Crippen LogP contribution in [0.2, 0.25) is 15.1 Å². The van der Waals surface area contributed by atoms with Gasteiger partial charge in [0.05, 0.1) is 23.8 Å². The molecule has 0 radical (unpaired) electrons. The molecule has 0 fully saturated rings. The standard InChI is InChI=1S/C22H17Cl3N2O3S/c1-30-17-7-2-14(3-8-17)21-13-22(19-11-6-16(24)12-20(19)25)27(26-21)31(28,29)18-9-4-15(23)5-10-18/h2-12,22H,13H2,1H3. The van der Waals surface area contributed by atoms with E-state index in [1.54, 1.807) is 37.4 Å². The maximum atomic E-state index is 13.5. The Labute approximate surface area is 195 Å². The van der Waals surface area contributed by atoms with Crippen LogP contribution in [0, 0.1) is 0 Å². The van der Waals surface area contributed by atoms with E-state index in [0.29, 0.717) is 38.5 Å². The maximum absolute atomic E-state index is 13.5. The lowest BCUT2D eigenvalue weighted by atomic mass is 9.99. The Morgan fingerprint density at radius 3 is 2.19 bits per heavy atom. The minimum absolute atomic E-state index is 0.0896. The summed E-state index contributed by atoms with van der Waals surface area (Å²) in [5.74, 6) is 0.699. The van der Waals surface area contributed by atoms with E-state index < -0.39 is 16.1 Å². The number of halogens is 3. The first-order chi connectivity index (χ1) is 14.8. The molecule has 3 aromatic carbocycles. The largest absolute Gasteiger partial charge is 0.497 e. The highest BCUT2D eigenvalue weighted by Gasteiger charge is 2.38. The van der Waals surface area contributed by atoms with Crippen LogP contribution in [0.5, 0.6) is 5.75 Å². The Morgan fingerprint density at radius 2 is 1.58 bits per heavy atom. The van der Waals surface area contributed by atoms with Crippen molar-refractivity contribution < 1.29 is 13.2 Å². The summed E-state index contributed by atoms with van der Waals surface area (Å²) in [6, 6.07) is 17.7. The van der Waals surface area contributed by atoms with Crippen molar-refractivity contribution in [1.29, 1.82) is 0 Å². The molecule has 0 saturated carbocycles. The highest BCUT2D eigenvalue weighted by Crippen LogP contribution is 2.40. The molecule has 0 saturated heterocycles. The molecular weight excluding hydrogens is 479 g/mol. The van der Waals surface area contributed by atoms with Crippen molar-refractivity contribution in [1.82, 2.24) is 4.41 Å². The van der Waals surface area contributed by atoms with Gasteiger partial charge in [-0.05, 0) is 71.8 Å². The minimum atomic E-state index is -3.96. The lowest BCUT2D eigenvalue weighted by Gasteiger charge is -2.24.